The van der Waals surface area contributed by atoms with Crippen molar-refractivity contribution in [3.05, 3.63) is 52.0 Å². The smallest absolute Gasteiger partial charge is 0.337 e. The summed E-state index contributed by atoms with van der Waals surface area (Å²) in [5, 5.41) is 12.9. The molecule has 5 nitrogen and oxygen atoms in total. The molecule has 1 aromatic heterocycles. The van der Waals surface area contributed by atoms with Crippen LogP contribution < -0.4 is 5.32 Å². The van der Waals surface area contributed by atoms with Crippen LogP contribution in [0.4, 0.5) is 0 Å². The molecule has 0 aromatic carbocycles. The zero-order valence-corrected chi connectivity index (χ0v) is 13.5. The first-order valence-corrected chi connectivity index (χ1v) is 7.32. The van der Waals surface area contributed by atoms with Crippen molar-refractivity contribution >= 4 is 18.6 Å². The average Bonchev–Trinajstić information content (AvgIpc) is 2.46. The number of pyridine rings is 1. The molecule has 114 valence electrons. The number of rotatable bonds is 3. The molecule has 0 saturated heterocycles. The molecule has 0 radical (unpaired) electrons. The van der Waals surface area contributed by atoms with Crippen molar-refractivity contribution in [2.75, 3.05) is 0 Å². The van der Waals surface area contributed by atoms with Gasteiger partial charge in [0, 0.05) is 18.1 Å². The Balaban J connectivity index is 2.56. The Morgan fingerprint density at radius 2 is 2.27 bits per heavy atom. The van der Waals surface area contributed by atoms with Crippen LogP contribution in [0.15, 0.2) is 46.4 Å². The van der Waals surface area contributed by atoms with Crippen LogP contribution in [0.2, 0.25) is 0 Å². The van der Waals surface area contributed by atoms with Crippen molar-refractivity contribution in [1.29, 1.82) is 5.26 Å². The fourth-order valence-corrected chi connectivity index (χ4v) is 2.70. The summed E-state index contributed by atoms with van der Waals surface area (Å²) in [5.41, 5.74) is 2.17. The second kappa shape index (κ2) is 6.67. The molecular formula is C16H17N3O2S. The Labute approximate surface area is 135 Å². The quantitative estimate of drug-likeness (QED) is 0.662. The maximum atomic E-state index is 12.5. The van der Waals surface area contributed by atoms with E-state index in [0.717, 1.165) is 5.56 Å². The lowest BCUT2D eigenvalue weighted by Gasteiger charge is -2.28. The Hall–Kier alpha value is -2.26. The van der Waals surface area contributed by atoms with Gasteiger partial charge in [-0.3, -0.25) is 4.98 Å². The number of hydrogen-bond donors (Lipinski definition) is 2. The van der Waals surface area contributed by atoms with Crippen LogP contribution in [0.3, 0.4) is 0 Å². The van der Waals surface area contributed by atoms with E-state index in [1.165, 1.54) is 0 Å². The summed E-state index contributed by atoms with van der Waals surface area (Å²) in [4.78, 5) is 16.6. The van der Waals surface area contributed by atoms with E-state index in [2.05, 4.69) is 29.0 Å². The monoisotopic (exact) mass is 315 g/mol. The maximum Gasteiger partial charge on any atom is 0.337 e. The number of dihydropyridines is 1. The van der Waals surface area contributed by atoms with Gasteiger partial charge in [0.1, 0.15) is 0 Å². The van der Waals surface area contributed by atoms with Crippen LogP contribution in [-0.2, 0) is 9.53 Å². The summed E-state index contributed by atoms with van der Waals surface area (Å²) in [6, 6.07) is 5.73. The minimum Gasteiger partial charge on any atom is -0.460 e. The number of esters is 1. The number of aromatic nitrogens is 1. The molecule has 0 saturated carbocycles. The number of ether oxygens (including phenoxy) is 1. The number of carbonyl (C=O) groups excluding carboxylic acids is 1. The third-order valence-corrected chi connectivity index (χ3v) is 3.60. The molecule has 0 fully saturated rings. The van der Waals surface area contributed by atoms with Gasteiger partial charge in [-0.15, -0.1) is 12.6 Å². The molecule has 1 aromatic rings. The topological polar surface area (TPSA) is 75.0 Å². The lowest BCUT2D eigenvalue weighted by Crippen LogP contribution is -2.29. The highest BCUT2D eigenvalue weighted by Gasteiger charge is 2.34. The summed E-state index contributed by atoms with van der Waals surface area (Å²) in [6.45, 7) is 5.34. The maximum absolute atomic E-state index is 12.5. The summed E-state index contributed by atoms with van der Waals surface area (Å²) in [7, 11) is 0. The largest absolute Gasteiger partial charge is 0.460 e. The average molecular weight is 315 g/mol. The lowest BCUT2D eigenvalue weighted by atomic mass is 9.83. The molecule has 6 heteroatoms. The zero-order chi connectivity index (χ0) is 16.3. The van der Waals surface area contributed by atoms with Gasteiger partial charge in [0.25, 0.3) is 0 Å². The summed E-state index contributed by atoms with van der Waals surface area (Å²) >= 11 is 4.32. The summed E-state index contributed by atoms with van der Waals surface area (Å²) in [6.07, 6.45) is 3.05. The van der Waals surface area contributed by atoms with Crippen LogP contribution in [0.1, 0.15) is 32.3 Å². The van der Waals surface area contributed by atoms with Crippen molar-refractivity contribution < 1.29 is 9.53 Å². The SMILES string of the molecule is CC1=C(C(=O)OC(C)C)[C@H](c2cccnc2)C(C#N)=C(S)N1. The Morgan fingerprint density at radius 1 is 1.55 bits per heavy atom. The predicted octanol–water partition coefficient (Wildman–Crippen LogP) is 2.66. The zero-order valence-electron chi connectivity index (χ0n) is 12.6. The number of allylic oxidation sites excluding steroid dienone is 2. The third kappa shape index (κ3) is 3.15. The van der Waals surface area contributed by atoms with E-state index >= 15 is 0 Å². The van der Waals surface area contributed by atoms with Crippen molar-refractivity contribution in [1.82, 2.24) is 10.3 Å². The number of carbonyl (C=O) groups is 1. The van der Waals surface area contributed by atoms with E-state index in [4.69, 9.17) is 4.74 Å². The van der Waals surface area contributed by atoms with Gasteiger partial charge in [0.2, 0.25) is 0 Å². The van der Waals surface area contributed by atoms with Crippen LogP contribution in [0.5, 0.6) is 0 Å². The predicted molar refractivity (Wildman–Crippen MR) is 85.7 cm³/mol. The molecule has 2 heterocycles. The van der Waals surface area contributed by atoms with Gasteiger partial charge in [-0.25, -0.2) is 4.79 Å². The number of hydrogen-bond acceptors (Lipinski definition) is 6. The van der Waals surface area contributed by atoms with E-state index in [9.17, 15) is 10.1 Å². The lowest BCUT2D eigenvalue weighted by molar-refractivity contribution is -0.143. The molecule has 0 aliphatic carbocycles. The first kappa shape index (κ1) is 16.1. The van der Waals surface area contributed by atoms with Crippen molar-refractivity contribution in [2.45, 2.75) is 32.8 Å². The number of nitrogens with one attached hydrogen (secondary N) is 1. The van der Waals surface area contributed by atoms with Crippen molar-refractivity contribution in [2.24, 2.45) is 0 Å². The number of nitriles is 1. The van der Waals surface area contributed by atoms with E-state index in [0.29, 0.717) is 21.9 Å². The van der Waals surface area contributed by atoms with Gasteiger partial charge in [0.05, 0.1) is 34.3 Å². The Bertz CT molecular complexity index is 687. The second-order valence-electron chi connectivity index (χ2n) is 5.21. The molecule has 1 aliphatic heterocycles. The standard InChI is InChI=1S/C16H17N3O2S/c1-9(2)21-16(20)13-10(3)19-15(22)12(7-17)14(13)11-5-4-6-18-8-11/h4-6,8-9,14,19,22H,1-3H3/t14-/m1/s1. The fourth-order valence-electron chi connectivity index (χ4n) is 2.36. The van der Waals surface area contributed by atoms with Gasteiger partial charge in [-0.05, 0) is 32.4 Å². The number of nitrogens with zero attached hydrogens (tertiary/aromatic N) is 2. The van der Waals surface area contributed by atoms with E-state index < -0.39 is 11.9 Å². The van der Waals surface area contributed by atoms with E-state index in [1.54, 1.807) is 39.2 Å². The molecule has 2 rings (SSSR count). The molecule has 22 heavy (non-hydrogen) atoms. The van der Waals surface area contributed by atoms with E-state index in [-0.39, 0.29) is 6.10 Å². The molecule has 1 N–H and O–H groups in total. The molecular weight excluding hydrogens is 298 g/mol. The highest BCUT2D eigenvalue weighted by molar-refractivity contribution is 7.84. The molecule has 0 spiro atoms. The van der Waals surface area contributed by atoms with Gasteiger partial charge < -0.3 is 10.1 Å². The third-order valence-electron chi connectivity index (χ3n) is 3.24. The normalized spacial score (nSPS) is 18.1. The van der Waals surface area contributed by atoms with Crippen molar-refractivity contribution in [3.8, 4) is 6.07 Å². The molecule has 0 unspecified atom stereocenters. The van der Waals surface area contributed by atoms with Gasteiger partial charge in [-0.1, -0.05) is 6.07 Å². The molecule has 1 atom stereocenters. The first-order chi connectivity index (χ1) is 10.5. The van der Waals surface area contributed by atoms with Crippen LogP contribution in [0, 0.1) is 11.3 Å². The number of thiol groups is 1. The van der Waals surface area contributed by atoms with Crippen LogP contribution in [-0.4, -0.2) is 17.1 Å². The summed E-state index contributed by atoms with van der Waals surface area (Å²) in [5.74, 6) is -0.971. The fraction of sp³-hybridized carbons (Fsp3) is 0.312. The highest BCUT2D eigenvalue weighted by Crippen LogP contribution is 2.38. The Morgan fingerprint density at radius 3 is 2.82 bits per heavy atom. The first-order valence-electron chi connectivity index (χ1n) is 6.87. The van der Waals surface area contributed by atoms with E-state index in [1.807, 2.05) is 6.07 Å². The minimum atomic E-state index is -0.529. The molecule has 0 amide bonds. The van der Waals surface area contributed by atoms with Crippen LogP contribution in [0.25, 0.3) is 0 Å². The minimum absolute atomic E-state index is 0.241. The Kier molecular flexibility index (Phi) is 4.88. The van der Waals surface area contributed by atoms with Crippen molar-refractivity contribution in [3.63, 3.8) is 0 Å². The second-order valence-corrected chi connectivity index (χ2v) is 5.66. The summed E-state index contributed by atoms with van der Waals surface area (Å²) < 4.78 is 5.33. The van der Waals surface area contributed by atoms with Gasteiger partial charge in [0.15, 0.2) is 0 Å². The van der Waals surface area contributed by atoms with Crippen LogP contribution >= 0.6 is 12.6 Å². The molecule has 1 aliphatic rings. The highest BCUT2D eigenvalue weighted by atomic mass is 32.1. The molecule has 0 bridgehead atoms. The van der Waals surface area contributed by atoms with Gasteiger partial charge >= 0.3 is 5.97 Å². The van der Waals surface area contributed by atoms with Gasteiger partial charge in [-0.2, -0.15) is 5.26 Å².